The van der Waals surface area contributed by atoms with Gasteiger partial charge in [0, 0.05) is 24.4 Å². The SMILES string of the molecule is CCOc1ccccc1C1[C@@H]2CCCC[C@]2(O)CCN1C(=O)CC. The maximum atomic E-state index is 12.6. The van der Waals surface area contributed by atoms with Gasteiger partial charge in [0.2, 0.25) is 5.91 Å². The molecule has 24 heavy (non-hydrogen) atoms. The van der Waals surface area contributed by atoms with Crippen LogP contribution in [0.1, 0.15) is 64.0 Å². The molecule has 4 heteroatoms. The first-order chi connectivity index (χ1) is 11.6. The van der Waals surface area contributed by atoms with Crippen molar-refractivity contribution in [1.82, 2.24) is 4.90 Å². The van der Waals surface area contributed by atoms with Gasteiger partial charge >= 0.3 is 0 Å². The number of aliphatic hydroxyl groups is 1. The van der Waals surface area contributed by atoms with Gasteiger partial charge < -0.3 is 14.7 Å². The molecule has 0 spiro atoms. The van der Waals surface area contributed by atoms with Crippen molar-refractivity contribution >= 4 is 5.91 Å². The van der Waals surface area contributed by atoms with Gasteiger partial charge in [-0.15, -0.1) is 0 Å². The van der Waals surface area contributed by atoms with Gasteiger partial charge in [-0.25, -0.2) is 0 Å². The zero-order valence-electron chi connectivity index (χ0n) is 14.8. The third-order valence-electron chi connectivity index (χ3n) is 5.73. The quantitative estimate of drug-likeness (QED) is 0.915. The molecule has 1 amide bonds. The Balaban J connectivity index is 2.05. The van der Waals surface area contributed by atoms with Crippen molar-refractivity contribution in [3.05, 3.63) is 29.8 Å². The van der Waals surface area contributed by atoms with Crippen molar-refractivity contribution in [2.75, 3.05) is 13.2 Å². The molecule has 0 aromatic heterocycles. The van der Waals surface area contributed by atoms with Crippen LogP contribution in [-0.4, -0.2) is 34.7 Å². The highest BCUT2D eigenvalue weighted by molar-refractivity contribution is 5.76. The second-order valence-corrected chi connectivity index (χ2v) is 7.06. The molecule has 2 fully saturated rings. The number of carbonyl (C=O) groups is 1. The molecule has 1 N–H and O–H groups in total. The van der Waals surface area contributed by atoms with Crippen LogP contribution < -0.4 is 4.74 Å². The van der Waals surface area contributed by atoms with Gasteiger partial charge in [0.25, 0.3) is 0 Å². The Hall–Kier alpha value is -1.55. The molecular formula is C20H29NO3. The summed E-state index contributed by atoms with van der Waals surface area (Å²) < 4.78 is 5.84. The summed E-state index contributed by atoms with van der Waals surface area (Å²) in [6.45, 7) is 5.12. The van der Waals surface area contributed by atoms with E-state index in [1.165, 1.54) is 0 Å². The summed E-state index contributed by atoms with van der Waals surface area (Å²) in [5.74, 6) is 1.10. The molecule has 1 unspecified atom stereocenters. The monoisotopic (exact) mass is 331 g/mol. The Bertz CT molecular complexity index is 588. The van der Waals surface area contributed by atoms with Crippen LogP contribution in [-0.2, 0) is 4.79 Å². The Morgan fingerprint density at radius 3 is 2.83 bits per heavy atom. The number of likely N-dealkylation sites (tertiary alicyclic amines) is 1. The molecule has 4 nitrogen and oxygen atoms in total. The number of amides is 1. The molecule has 0 bridgehead atoms. The van der Waals surface area contributed by atoms with E-state index in [9.17, 15) is 9.90 Å². The molecule has 1 saturated carbocycles. The molecule has 3 atom stereocenters. The van der Waals surface area contributed by atoms with E-state index in [0.717, 1.165) is 37.0 Å². The summed E-state index contributed by atoms with van der Waals surface area (Å²) in [5, 5.41) is 11.2. The molecule has 1 aromatic rings. The van der Waals surface area contributed by atoms with E-state index in [1.54, 1.807) is 0 Å². The fourth-order valence-electron chi connectivity index (χ4n) is 4.56. The van der Waals surface area contributed by atoms with Gasteiger partial charge in [-0.3, -0.25) is 4.79 Å². The molecule has 0 radical (unpaired) electrons. The third-order valence-corrected chi connectivity index (χ3v) is 5.73. The number of hydrogen-bond donors (Lipinski definition) is 1. The van der Waals surface area contributed by atoms with Gasteiger partial charge in [0.1, 0.15) is 5.75 Å². The second-order valence-electron chi connectivity index (χ2n) is 7.06. The summed E-state index contributed by atoms with van der Waals surface area (Å²) >= 11 is 0. The van der Waals surface area contributed by atoms with Crippen LogP contribution >= 0.6 is 0 Å². The third kappa shape index (κ3) is 3.04. The first kappa shape index (κ1) is 17.3. The van der Waals surface area contributed by atoms with Crippen molar-refractivity contribution in [3.63, 3.8) is 0 Å². The average Bonchev–Trinajstić information content (AvgIpc) is 2.60. The van der Waals surface area contributed by atoms with Crippen molar-refractivity contribution in [2.24, 2.45) is 5.92 Å². The van der Waals surface area contributed by atoms with Gasteiger partial charge in [-0.05, 0) is 32.3 Å². The zero-order chi connectivity index (χ0) is 17.2. The number of piperidine rings is 1. The molecule has 1 saturated heterocycles. The first-order valence-corrected chi connectivity index (χ1v) is 9.34. The Kier molecular flexibility index (Phi) is 5.14. The minimum Gasteiger partial charge on any atom is -0.494 e. The Labute approximate surface area is 144 Å². The van der Waals surface area contributed by atoms with Crippen LogP contribution in [0.3, 0.4) is 0 Å². The highest BCUT2D eigenvalue weighted by Crippen LogP contribution is 2.50. The van der Waals surface area contributed by atoms with E-state index in [-0.39, 0.29) is 17.9 Å². The number of rotatable bonds is 4. The lowest BCUT2D eigenvalue weighted by Gasteiger charge is -2.52. The number of para-hydroxylation sites is 1. The minimum atomic E-state index is -0.646. The summed E-state index contributed by atoms with van der Waals surface area (Å²) in [6, 6.07) is 7.93. The molecule has 132 valence electrons. The fourth-order valence-corrected chi connectivity index (χ4v) is 4.56. The lowest BCUT2D eigenvalue weighted by Crippen LogP contribution is -2.56. The van der Waals surface area contributed by atoms with Crippen LogP contribution in [0, 0.1) is 5.92 Å². The predicted octanol–water partition coefficient (Wildman–Crippen LogP) is 3.69. The minimum absolute atomic E-state index is 0.0840. The number of carbonyl (C=O) groups excluding carboxylic acids is 1. The van der Waals surface area contributed by atoms with Crippen LogP contribution in [0.15, 0.2) is 24.3 Å². The van der Waals surface area contributed by atoms with Crippen molar-refractivity contribution in [3.8, 4) is 5.75 Å². The van der Waals surface area contributed by atoms with Crippen LogP contribution in [0.25, 0.3) is 0 Å². The molecule has 1 heterocycles. The lowest BCUT2D eigenvalue weighted by atomic mass is 9.66. The summed E-state index contributed by atoms with van der Waals surface area (Å²) in [7, 11) is 0. The Morgan fingerprint density at radius 1 is 1.29 bits per heavy atom. The summed E-state index contributed by atoms with van der Waals surface area (Å²) in [4.78, 5) is 14.6. The number of hydrogen-bond acceptors (Lipinski definition) is 3. The van der Waals surface area contributed by atoms with E-state index >= 15 is 0 Å². The van der Waals surface area contributed by atoms with Gasteiger partial charge in [0.15, 0.2) is 0 Å². The largest absolute Gasteiger partial charge is 0.494 e. The van der Waals surface area contributed by atoms with E-state index < -0.39 is 5.60 Å². The number of ether oxygens (including phenoxy) is 1. The molecular weight excluding hydrogens is 302 g/mol. The number of nitrogens with zero attached hydrogens (tertiary/aromatic N) is 1. The van der Waals surface area contributed by atoms with Crippen LogP contribution in [0.2, 0.25) is 0 Å². The maximum absolute atomic E-state index is 12.6. The highest BCUT2D eigenvalue weighted by Gasteiger charge is 2.50. The zero-order valence-corrected chi connectivity index (χ0v) is 14.8. The van der Waals surface area contributed by atoms with Gasteiger partial charge in [-0.1, -0.05) is 38.0 Å². The molecule has 1 aliphatic carbocycles. The number of benzene rings is 1. The van der Waals surface area contributed by atoms with Crippen molar-refractivity contribution < 1.29 is 14.6 Å². The van der Waals surface area contributed by atoms with Crippen molar-refractivity contribution in [1.29, 1.82) is 0 Å². The molecule has 3 rings (SSSR count). The van der Waals surface area contributed by atoms with Crippen LogP contribution in [0.5, 0.6) is 5.75 Å². The molecule has 2 aliphatic rings. The predicted molar refractivity (Wildman–Crippen MR) is 93.9 cm³/mol. The van der Waals surface area contributed by atoms with E-state index in [1.807, 2.05) is 36.9 Å². The Morgan fingerprint density at radius 2 is 2.08 bits per heavy atom. The molecule has 1 aliphatic heterocycles. The fraction of sp³-hybridized carbons (Fsp3) is 0.650. The van der Waals surface area contributed by atoms with E-state index in [0.29, 0.717) is 26.0 Å². The standard InChI is InChI=1S/C20H29NO3/c1-3-18(22)21-14-13-20(23)12-8-7-10-16(20)19(21)15-9-5-6-11-17(15)24-4-2/h5-6,9,11,16,19,23H,3-4,7-8,10,12-14H2,1-2H3/t16-,19?,20-/m0/s1. The number of fused-ring (bicyclic) bond motifs is 1. The maximum Gasteiger partial charge on any atom is 0.222 e. The van der Waals surface area contributed by atoms with Crippen LogP contribution in [0.4, 0.5) is 0 Å². The van der Waals surface area contributed by atoms with Crippen molar-refractivity contribution in [2.45, 2.75) is 64.0 Å². The smallest absolute Gasteiger partial charge is 0.222 e. The summed E-state index contributed by atoms with van der Waals surface area (Å²) in [5.41, 5.74) is 0.401. The average molecular weight is 331 g/mol. The lowest BCUT2D eigenvalue weighted by molar-refractivity contribution is -0.155. The normalized spacial score (nSPS) is 29.9. The summed E-state index contributed by atoms with van der Waals surface area (Å²) in [6.07, 6.45) is 5.20. The van der Waals surface area contributed by atoms with E-state index in [2.05, 4.69) is 6.07 Å². The molecule has 1 aromatic carbocycles. The van der Waals surface area contributed by atoms with Gasteiger partial charge in [-0.2, -0.15) is 0 Å². The topological polar surface area (TPSA) is 49.8 Å². The van der Waals surface area contributed by atoms with Gasteiger partial charge in [0.05, 0.1) is 18.2 Å². The van der Waals surface area contributed by atoms with E-state index in [4.69, 9.17) is 4.74 Å². The second kappa shape index (κ2) is 7.14. The highest BCUT2D eigenvalue weighted by atomic mass is 16.5. The first-order valence-electron chi connectivity index (χ1n) is 9.34.